The van der Waals surface area contributed by atoms with E-state index in [4.69, 9.17) is 17.3 Å². The van der Waals surface area contributed by atoms with E-state index in [9.17, 15) is 18.0 Å². The maximum atomic E-state index is 13.4. The Balaban J connectivity index is 1.89. The van der Waals surface area contributed by atoms with Gasteiger partial charge in [-0.15, -0.1) is 0 Å². The summed E-state index contributed by atoms with van der Waals surface area (Å²) in [4.78, 5) is 18.4. The molecular weight excluding hydrogens is 379 g/mol. The minimum Gasteiger partial charge on any atom is -0.383 e. The zero-order valence-electron chi connectivity index (χ0n) is 14.7. The summed E-state index contributed by atoms with van der Waals surface area (Å²) in [5.41, 5.74) is 6.21. The Morgan fingerprint density at radius 2 is 2.07 bits per heavy atom. The van der Waals surface area contributed by atoms with Gasteiger partial charge in [-0.05, 0) is 43.5 Å². The van der Waals surface area contributed by atoms with E-state index in [-0.39, 0.29) is 28.9 Å². The van der Waals surface area contributed by atoms with Crippen molar-refractivity contribution in [2.24, 2.45) is 0 Å². The Morgan fingerprint density at radius 3 is 2.78 bits per heavy atom. The summed E-state index contributed by atoms with van der Waals surface area (Å²) in [5, 5.41) is 0.0395. The normalized spacial score (nSPS) is 17.8. The first kappa shape index (κ1) is 19.5. The van der Waals surface area contributed by atoms with E-state index in [1.165, 1.54) is 18.3 Å². The molecule has 0 saturated carbocycles. The fraction of sp³-hybridized carbons (Fsp3) is 0.368. The number of nitrogen functional groups attached to an aromatic ring is 1. The minimum atomic E-state index is -4.50. The van der Waals surface area contributed by atoms with Gasteiger partial charge in [0.2, 0.25) is 0 Å². The second kappa shape index (κ2) is 7.38. The number of anilines is 1. The molecule has 3 rings (SSSR count). The lowest BCUT2D eigenvalue weighted by Crippen LogP contribution is -2.40. The Morgan fingerprint density at radius 1 is 1.33 bits per heavy atom. The number of pyridine rings is 1. The number of aromatic nitrogens is 1. The molecule has 1 fully saturated rings. The topological polar surface area (TPSA) is 59.2 Å². The van der Waals surface area contributed by atoms with Crippen LogP contribution in [0.1, 0.15) is 45.8 Å². The molecule has 1 aliphatic rings. The summed E-state index contributed by atoms with van der Waals surface area (Å²) in [6.45, 7) is 2.41. The molecule has 1 amide bonds. The van der Waals surface area contributed by atoms with Gasteiger partial charge in [0.15, 0.2) is 0 Å². The van der Waals surface area contributed by atoms with Gasteiger partial charge >= 0.3 is 6.18 Å². The third-order valence-electron chi connectivity index (χ3n) is 4.94. The molecule has 1 atom stereocenters. The molecule has 1 aliphatic heterocycles. The molecule has 2 heterocycles. The summed E-state index contributed by atoms with van der Waals surface area (Å²) in [5.74, 6) is -0.378. The summed E-state index contributed by atoms with van der Waals surface area (Å²) in [6.07, 6.45) is -1.84. The van der Waals surface area contributed by atoms with Crippen molar-refractivity contribution in [3.8, 4) is 0 Å². The predicted octanol–water partition coefficient (Wildman–Crippen LogP) is 4.66. The van der Waals surface area contributed by atoms with Crippen LogP contribution in [0.25, 0.3) is 0 Å². The number of carbonyl (C=O) groups excluding carboxylic acids is 1. The van der Waals surface area contributed by atoms with Crippen molar-refractivity contribution in [2.45, 2.75) is 31.9 Å². The fourth-order valence-corrected chi connectivity index (χ4v) is 3.67. The first-order valence-electron chi connectivity index (χ1n) is 8.55. The molecule has 0 spiro atoms. The SMILES string of the molecule is Cc1c(C(=O)N2CCCC(c3ccc(Cl)cc3C(F)(F)F)C2)ccnc1N. The number of alkyl halides is 3. The van der Waals surface area contributed by atoms with Crippen LogP contribution in [0.5, 0.6) is 0 Å². The molecule has 0 aliphatic carbocycles. The van der Waals surface area contributed by atoms with Gasteiger partial charge in [-0.2, -0.15) is 13.2 Å². The summed E-state index contributed by atoms with van der Waals surface area (Å²) in [6, 6.07) is 5.41. The van der Waals surface area contributed by atoms with E-state index in [1.807, 2.05) is 0 Å². The molecule has 0 bridgehead atoms. The van der Waals surface area contributed by atoms with E-state index in [0.29, 0.717) is 30.5 Å². The highest BCUT2D eigenvalue weighted by atomic mass is 35.5. The zero-order chi connectivity index (χ0) is 19.8. The monoisotopic (exact) mass is 397 g/mol. The van der Waals surface area contributed by atoms with Gasteiger partial charge in [-0.25, -0.2) is 4.98 Å². The number of nitrogens with zero attached hydrogens (tertiary/aromatic N) is 2. The maximum absolute atomic E-state index is 13.4. The first-order valence-corrected chi connectivity index (χ1v) is 8.93. The van der Waals surface area contributed by atoms with E-state index in [0.717, 1.165) is 6.07 Å². The number of rotatable bonds is 2. The molecule has 4 nitrogen and oxygen atoms in total. The van der Waals surface area contributed by atoms with Crippen molar-refractivity contribution in [1.82, 2.24) is 9.88 Å². The molecule has 2 N–H and O–H groups in total. The number of nitrogens with two attached hydrogens (primary N) is 1. The van der Waals surface area contributed by atoms with Gasteiger partial charge in [0.1, 0.15) is 5.82 Å². The minimum absolute atomic E-state index is 0.0395. The molecule has 8 heteroatoms. The Kier molecular flexibility index (Phi) is 5.33. The van der Waals surface area contributed by atoms with Crippen LogP contribution in [0, 0.1) is 6.92 Å². The lowest BCUT2D eigenvalue weighted by molar-refractivity contribution is -0.138. The Labute approximate surface area is 160 Å². The third kappa shape index (κ3) is 4.03. The molecule has 2 aromatic rings. The first-order chi connectivity index (χ1) is 12.7. The predicted molar refractivity (Wildman–Crippen MR) is 97.7 cm³/mol. The number of amides is 1. The molecule has 1 unspecified atom stereocenters. The van der Waals surface area contributed by atoms with Crippen LogP contribution in [0.3, 0.4) is 0 Å². The molecule has 27 heavy (non-hydrogen) atoms. The number of hydrogen-bond donors (Lipinski definition) is 1. The average molecular weight is 398 g/mol. The van der Waals surface area contributed by atoms with Crippen molar-refractivity contribution < 1.29 is 18.0 Å². The number of benzene rings is 1. The summed E-state index contributed by atoms with van der Waals surface area (Å²) in [7, 11) is 0. The number of hydrogen-bond acceptors (Lipinski definition) is 3. The van der Waals surface area contributed by atoms with Crippen molar-refractivity contribution in [3.05, 3.63) is 57.7 Å². The molecular formula is C19H19ClF3N3O. The van der Waals surface area contributed by atoms with Gasteiger partial charge in [0, 0.05) is 41.4 Å². The third-order valence-corrected chi connectivity index (χ3v) is 5.18. The fourth-order valence-electron chi connectivity index (χ4n) is 3.50. The van der Waals surface area contributed by atoms with Gasteiger partial charge < -0.3 is 10.6 Å². The van der Waals surface area contributed by atoms with Crippen LogP contribution in [0.4, 0.5) is 19.0 Å². The van der Waals surface area contributed by atoms with Crippen LogP contribution < -0.4 is 5.73 Å². The highest BCUT2D eigenvalue weighted by Gasteiger charge is 2.37. The van der Waals surface area contributed by atoms with E-state index >= 15 is 0 Å². The van der Waals surface area contributed by atoms with Crippen molar-refractivity contribution in [3.63, 3.8) is 0 Å². The van der Waals surface area contributed by atoms with Gasteiger partial charge in [0.25, 0.3) is 5.91 Å². The van der Waals surface area contributed by atoms with Crippen LogP contribution in [-0.2, 0) is 6.18 Å². The second-order valence-corrected chi connectivity index (χ2v) is 7.12. The van der Waals surface area contributed by atoms with Gasteiger partial charge in [-0.1, -0.05) is 17.7 Å². The van der Waals surface area contributed by atoms with Gasteiger partial charge in [-0.3, -0.25) is 4.79 Å². The molecule has 1 aromatic heterocycles. The second-order valence-electron chi connectivity index (χ2n) is 6.69. The van der Waals surface area contributed by atoms with Crippen LogP contribution >= 0.6 is 11.6 Å². The van der Waals surface area contributed by atoms with Crippen LogP contribution in [-0.4, -0.2) is 28.9 Å². The van der Waals surface area contributed by atoms with Crippen molar-refractivity contribution >= 4 is 23.3 Å². The Hall–Kier alpha value is -2.28. The smallest absolute Gasteiger partial charge is 0.383 e. The summed E-state index contributed by atoms with van der Waals surface area (Å²) < 4.78 is 40.3. The molecule has 1 saturated heterocycles. The van der Waals surface area contributed by atoms with Crippen molar-refractivity contribution in [1.29, 1.82) is 0 Å². The molecule has 1 aromatic carbocycles. The lowest BCUT2D eigenvalue weighted by Gasteiger charge is -2.34. The van der Waals surface area contributed by atoms with E-state index in [2.05, 4.69) is 4.98 Å². The number of likely N-dealkylation sites (tertiary alicyclic amines) is 1. The van der Waals surface area contributed by atoms with Gasteiger partial charge in [0.05, 0.1) is 5.56 Å². The average Bonchev–Trinajstić information content (AvgIpc) is 2.63. The van der Waals surface area contributed by atoms with Crippen molar-refractivity contribution in [2.75, 3.05) is 18.8 Å². The van der Waals surface area contributed by atoms with Crippen LogP contribution in [0.2, 0.25) is 5.02 Å². The van der Waals surface area contributed by atoms with E-state index < -0.39 is 17.7 Å². The number of carbonyl (C=O) groups is 1. The Bertz CT molecular complexity index is 870. The summed E-state index contributed by atoms with van der Waals surface area (Å²) >= 11 is 5.77. The number of halogens is 4. The van der Waals surface area contributed by atoms with E-state index in [1.54, 1.807) is 17.9 Å². The highest BCUT2D eigenvalue weighted by Crippen LogP contribution is 2.39. The highest BCUT2D eigenvalue weighted by molar-refractivity contribution is 6.30. The zero-order valence-corrected chi connectivity index (χ0v) is 15.4. The quantitative estimate of drug-likeness (QED) is 0.801. The number of piperidine rings is 1. The standard InChI is InChI=1S/C19H19ClF3N3O/c1-11-14(6-7-25-17(11)24)18(27)26-8-2-3-12(10-26)15-5-4-13(20)9-16(15)19(21,22)23/h4-7,9,12H,2-3,8,10H2,1H3,(H2,24,25). The lowest BCUT2D eigenvalue weighted by atomic mass is 9.87. The molecule has 144 valence electrons. The maximum Gasteiger partial charge on any atom is 0.416 e. The molecule has 0 radical (unpaired) electrons. The van der Waals surface area contributed by atoms with Crippen LogP contribution in [0.15, 0.2) is 30.5 Å². The largest absolute Gasteiger partial charge is 0.416 e.